The second-order valence-electron chi connectivity index (χ2n) is 18.7. The molecule has 3 N–H and O–H groups in total. The van der Waals surface area contributed by atoms with E-state index < -0.39 is 60.2 Å². The Kier molecular flexibility index (Phi) is 11.7. The summed E-state index contributed by atoms with van der Waals surface area (Å²) in [6, 6.07) is 19.8. The third kappa shape index (κ3) is 7.54. The topological polar surface area (TPSA) is 162 Å². The number of methoxy groups -OCH3 is 1. The highest BCUT2D eigenvalue weighted by Crippen LogP contribution is 2.60. The van der Waals surface area contributed by atoms with E-state index in [4.69, 9.17) is 23.2 Å². The smallest absolute Gasteiger partial charge is 0.265 e. The van der Waals surface area contributed by atoms with Crippen LogP contribution in [-0.4, -0.2) is 80.3 Å². The number of Topliss-reactive ketones (excluding diaryl/α,β-unsaturated/α-hetero) is 2. The fourth-order valence-electron chi connectivity index (χ4n) is 9.43. The monoisotopic (exact) mass is 862 g/mol. The lowest BCUT2D eigenvalue weighted by atomic mass is 9.58. The number of hydrogen-bond donors (Lipinski definition) is 3. The predicted octanol–water partition coefficient (Wildman–Crippen LogP) is 8.37. The van der Waals surface area contributed by atoms with E-state index in [1.165, 1.54) is 7.11 Å². The van der Waals surface area contributed by atoms with Gasteiger partial charge in [-0.2, -0.15) is 0 Å². The maximum absolute atomic E-state index is 15.7. The summed E-state index contributed by atoms with van der Waals surface area (Å²) in [5.41, 5.74) is 0.903. The molecular weight excluding hydrogens is 805 g/mol. The minimum absolute atomic E-state index is 0.00762. The third-order valence-electron chi connectivity index (χ3n) is 13.6. The summed E-state index contributed by atoms with van der Waals surface area (Å²) in [7, 11) is 2.37. The summed E-state index contributed by atoms with van der Waals surface area (Å²) in [6.07, 6.45) is 3.12. The fourth-order valence-corrected chi connectivity index (χ4v) is 10.9. The van der Waals surface area contributed by atoms with E-state index in [0.29, 0.717) is 23.5 Å². The first kappa shape index (κ1) is 43.4. The molecule has 1 saturated heterocycles. The van der Waals surface area contributed by atoms with Gasteiger partial charge in [-0.15, -0.1) is 0 Å². The minimum atomic E-state index is -2.95. The number of aliphatic hydroxyl groups excluding tert-OH is 1. The number of aliphatic hydroxyl groups is 1. The number of allylic oxidation sites excluding steroid dienone is 1. The molecule has 0 bridgehead atoms. The zero-order chi connectivity index (χ0) is 44.1. The Bertz CT molecular complexity index is 2380. The van der Waals surface area contributed by atoms with Crippen LogP contribution in [0.1, 0.15) is 95.7 Å². The Balaban J connectivity index is 1.31. The van der Waals surface area contributed by atoms with Crippen LogP contribution in [0.4, 0.5) is 5.69 Å². The molecule has 1 aliphatic heterocycles. The summed E-state index contributed by atoms with van der Waals surface area (Å²) in [6.45, 7) is 11.2. The van der Waals surface area contributed by atoms with Crippen LogP contribution in [0, 0.1) is 11.8 Å². The molecule has 3 aromatic carbocycles. The molecule has 1 amide bonds. The quantitative estimate of drug-likeness (QED) is 0.117. The molecular formula is C48H58N4O9Si. The summed E-state index contributed by atoms with van der Waals surface area (Å²) in [5.74, 6) is -2.13. The Morgan fingerprint density at radius 3 is 2.26 bits per heavy atom. The Labute approximate surface area is 364 Å². The molecule has 3 aliphatic carbocycles. The number of fused-ring (bicyclic) bond motifs is 4. The van der Waals surface area contributed by atoms with Gasteiger partial charge in [0.25, 0.3) is 5.88 Å². The SMILES string of the molecule is COc1cc(NC(=O)C2CCCCN2)c(OCc2ccccc2)c2c1C[C@H]1C[C@H]3[C@H](N(C)C)c4onc(OCc5ccccc5)c4C(=O)C3(O[Si](C)(C)C(C)(C)C)C(O)=C1C2=O. The number of hydrogen-bond acceptors (Lipinski definition) is 12. The number of nitrogens with zero attached hydrogens (tertiary/aromatic N) is 2. The fraction of sp³-hybridized carbons (Fsp3) is 0.458. The van der Waals surface area contributed by atoms with E-state index in [2.05, 4.69) is 36.6 Å². The van der Waals surface area contributed by atoms with E-state index in [-0.39, 0.29) is 66.0 Å². The first-order valence-electron chi connectivity index (χ1n) is 21.6. The summed E-state index contributed by atoms with van der Waals surface area (Å²) in [5, 5.41) is 23.5. The molecule has 4 aromatic rings. The average molecular weight is 863 g/mol. The molecule has 14 heteroatoms. The standard InChI is InChI=1S/C48H58N4O9Si/c1-47(2,3)62(7,8)61-48-32(39(52(4)5)42-38(44(48)55)46(51-60-42)59-27-29-19-13-10-14-20-29)24-30-23-31-35(57-6)25-34(50-45(56)33-21-15-16-22-49-33)41(37(31)40(53)36(30)43(48)54)58-26-28-17-11-9-12-18-28/h9-14,17-20,25,30,32-33,39,49,54H,15-16,21-24,26-27H2,1-8H3,(H,50,56)/t30-,32-,33?,39-,48?/m0/s1. The van der Waals surface area contributed by atoms with Crippen molar-refractivity contribution in [1.82, 2.24) is 15.4 Å². The van der Waals surface area contributed by atoms with Gasteiger partial charge in [0.05, 0.1) is 30.4 Å². The summed E-state index contributed by atoms with van der Waals surface area (Å²) < 4.78 is 32.2. The van der Waals surface area contributed by atoms with Gasteiger partial charge in [-0.1, -0.05) is 87.9 Å². The zero-order valence-corrected chi connectivity index (χ0v) is 37.9. The number of benzene rings is 3. The highest BCUT2D eigenvalue weighted by Gasteiger charge is 2.67. The molecule has 1 aromatic heterocycles. The minimum Gasteiger partial charge on any atom is -0.508 e. The molecule has 13 nitrogen and oxygen atoms in total. The van der Waals surface area contributed by atoms with Crippen molar-refractivity contribution in [2.45, 2.75) is 102 Å². The number of carbonyl (C=O) groups is 3. The van der Waals surface area contributed by atoms with E-state index in [9.17, 15) is 9.90 Å². The van der Waals surface area contributed by atoms with Gasteiger partial charge in [-0.3, -0.25) is 19.3 Å². The van der Waals surface area contributed by atoms with Crippen LogP contribution in [0.15, 0.2) is 82.6 Å². The molecule has 62 heavy (non-hydrogen) atoms. The van der Waals surface area contributed by atoms with Crippen LogP contribution >= 0.6 is 0 Å². The van der Waals surface area contributed by atoms with Crippen molar-refractivity contribution < 1.29 is 42.6 Å². The van der Waals surface area contributed by atoms with Gasteiger partial charge in [-0.25, -0.2) is 0 Å². The molecule has 5 atom stereocenters. The number of anilines is 1. The second kappa shape index (κ2) is 16.8. The van der Waals surface area contributed by atoms with Crippen LogP contribution in [0.2, 0.25) is 18.1 Å². The van der Waals surface area contributed by atoms with Crippen LogP contribution in [0.5, 0.6) is 17.4 Å². The van der Waals surface area contributed by atoms with Gasteiger partial charge >= 0.3 is 0 Å². The molecule has 2 heterocycles. The Hall–Kier alpha value is -5.28. The van der Waals surface area contributed by atoms with Crippen molar-refractivity contribution in [2.24, 2.45) is 11.8 Å². The highest BCUT2D eigenvalue weighted by molar-refractivity contribution is 6.74. The molecule has 2 unspecified atom stereocenters. The molecule has 0 radical (unpaired) electrons. The molecule has 1 fully saturated rings. The average Bonchev–Trinajstić information content (AvgIpc) is 3.67. The van der Waals surface area contributed by atoms with E-state index in [1.54, 1.807) is 6.07 Å². The van der Waals surface area contributed by atoms with Gasteiger partial charge in [0, 0.05) is 23.1 Å². The number of piperidine rings is 1. The predicted molar refractivity (Wildman–Crippen MR) is 236 cm³/mol. The number of carbonyl (C=O) groups excluding carboxylic acids is 3. The van der Waals surface area contributed by atoms with E-state index in [0.717, 1.165) is 30.5 Å². The summed E-state index contributed by atoms with van der Waals surface area (Å²) in [4.78, 5) is 47.1. The zero-order valence-electron chi connectivity index (χ0n) is 36.9. The van der Waals surface area contributed by atoms with Gasteiger partial charge in [0.2, 0.25) is 11.7 Å². The number of amides is 1. The van der Waals surface area contributed by atoms with Crippen LogP contribution in [-0.2, 0) is 28.9 Å². The lowest BCUT2D eigenvalue weighted by Crippen LogP contribution is -2.65. The Morgan fingerprint density at radius 2 is 1.66 bits per heavy atom. The first-order valence-corrected chi connectivity index (χ1v) is 24.5. The van der Waals surface area contributed by atoms with Gasteiger partial charge in [0.15, 0.2) is 31.2 Å². The third-order valence-corrected chi connectivity index (χ3v) is 18.0. The van der Waals surface area contributed by atoms with Gasteiger partial charge in [-0.05, 0) is 86.7 Å². The van der Waals surface area contributed by atoms with E-state index >= 15 is 9.59 Å². The number of aromatic nitrogens is 1. The maximum Gasteiger partial charge on any atom is 0.265 e. The molecule has 328 valence electrons. The van der Waals surface area contributed by atoms with Crippen molar-refractivity contribution in [1.29, 1.82) is 0 Å². The number of rotatable bonds is 12. The van der Waals surface area contributed by atoms with Crippen LogP contribution < -0.4 is 24.8 Å². The maximum atomic E-state index is 15.7. The van der Waals surface area contributed by atoms with Crippen molar-refractivity contribution >= 4 is 31.5 Å². The molecule has 0 saturated carbocycles. The normalized spacial score (nSPS) is 23.6. The number of ketones is 2. The lowest BCUT2D eigenvalue weighted by molar-refractivity contribution is -0.118. The van der Waals surface area contributed by atoms with Gasteiger partial charge < -0.3 is 38.9 Å². The number of ether oxygens (including phenoxy) is 3. The largest absolute Gasteiger partial charge is 0.508 e. The first-order chi connectivity index (χ1) is 29.6. The Morgan fingerprint density at radius 1 is 1.00 bits per heavy atom. The van der Waals surface area contributed by atoms with Crippen molar-refractivity contribution in [3.63, 3.8) is 0 Å². The lowest BCUT2D eigenvalue weighted by Gasteiger charge is -2.55. The molecule has 4 aliphatic rings. The molecule has 8 rings (SSSR count). The van der Waals surface area contributed by atoms with Crippen LogP contribution in [0.25, 0.3) is 0 Å². The van der Waals surface area contributed by atoms with Crippen molar-refractivity contribution in [3.05, 3.63) is 112 Å². The second-order valence-corrected chi connectivity index (χ2v) is 23.5. The van der Waals surface area contributed by atoms with Gasteiger partial charge in [0.1, 0.15) is 30.3 Å². The van der Waals surface area contributed by atoms with Crippen molar-refractivity contribution in [2.75, 3.05) is 33.1 Å². The highest BCUT2D eigenvalue weighted by atomic mass is 28.4. The van der Waals surface area contributed by atoms with Crippen LogP contribution in [0.3, 0.4) is 0 Å². The number of nitrogens with one attached hydrogen (secondary N) is 2. The molecule has 0 spiro atoms. The van der Waals surface area contributed by atoms with E-state index in [1.807, 2.05) is 92.8 Å². The summed E-state index contributed by atoms with van der Waals surface area (Å²) >= 11 is 0. The van der Waals surface area contributed by atoms with Crippen molar-refractivity contribution in [3.8, 4) is 17.4 Å².